The van der Waals surface area contributed by atoms with Crippen molar-refractivity contribution in [3.8, 4) is 5.75 Å². The molecule has 0 radical (unpaired) electrons. The Labute approximate surface area is 144 Å². The highest BCUT2D eigenvalue weighted by Crippen LogP contribution is 2.21. The van der Waals surface area contributed by atoms with E-state index in [0.717, 1.165) is 0 Å². The Bertz CT molecular complexity index is 732. The minimum Gasteiger partial charge on any atom is -0.484 e. The van der Waals surface area contributed by atoms with Gasteiger partial charge < -0.3 is 20.5 Å². The maximum atomic E-state index is 12.0. The molecule has 3 N–H and O–H groups in total. The van der Waals surface area contributed by atoms with Crippen molar-refractivity contribution in [3.05, 3.63) is 53.1 Å². The summed E-state index contributed by atoms with van der Waals surface area (Å²) in [6.07, 6.45) is 0. The lowest BCUT2D eigenvalue weighted by atomic mass is 10.1. The number of halogens is 1. The summed E-state index contributed by atoms with van der Waals surface area (Å²) in [7, 11) is 0. The third-order valence-electron chi connectivity index (χ3n) is 3.02. The van der Waals surface area contributed by atoms with E-state index >= 15 is 0 Å². The fourth-order valence-corrected chi connectivity index (χ4v) is 2.00. The van der Waals surface area contributed by atoms with Crippen molar-refractivity contribution < 1.29 is 19.1 Å². The number of anilines is 2. The van der Waals surface area contributed by atoms with Crippen molar-refractivity contribution in [3.63, 3.8) is 0 Å². The van der Waals surface area contributed by atoms with E-state index in [0.29, 0.717) is 27.7 Å². The fraction of sp³-hybridized carbons (Fsp3) is 0.176. The second-order valence-corrected chi connectivity index (χ2v) is 5.25. The van der Waals surface area contributed by atoms with Crippen molar-refractivity contribution >= 4 is 34.9 Å². The third kappa shape index (κ3) is 4.89. The van der Waals surface area contributed by atoms with E-state index in [-0.39, 0.29) is 13.2 Å². The van der Waals surface area contributed by atoms with Crippen molar-refractivity contribution in [1.29, 1.82) is 0 Å². The van der Waals surface area contributed by atoms with Crippen LogP contribution in [-0.4, -0.2) is 25.1 Å². The van der Waals surface area contributed by atoms with Crippen LogP contribution in [0.15, 0.2) is 42.5 Å². The smallest absolute Gasteiger partial charge is 0.338 e. The van der Waals surface area contributed by atoms with Crippen LogP contribution in [0.25, 0.3) is 0 Å². The first-order chi connectivity index (χ1) is 11.5. The van der Waals surface area contributed by atoms with Gasteiger partial charge in [-0.15, -0.1) is 0 Å². The van der Waals surface area contributed by atoms with Gasteiger partial charge in [-0.25, -0.2) is 4.79 Å². The number of nitrogen functional groups attached to an aromatic ring is 1. The van der Waals surface area contributed by atoms with Crippen molar-refractivity contribution in [2.24, 2.45) is 0 Å². The molecule has 0 atom stereocenters. The molecule has 2 aromatic rings. The predicted molar refractivity (Wildman–Crippen MR) is 92.4 cm³/mol. The number of hydrogen-bond acceptors (Lipinski definition) is 5. The van der Waals surface area contributed by atoms with E-state index in [1.54, 1.807) is 31.2 Å². The van der Waals surface area contributed by atoms with Crippen LogP contribution in [0.2, 0.25) is 5.02 Å². The molecule has 0 unspecified atom stereocenters. The van der Waals surface area contributed by atoms with E-state index in [2.05, 4.69) is 5.32 Å². The van der Waals surface area contributed by atoms with Crippen LogP contribution in [0.1, 0.15) is 17.3 Å². The molecule has 0 heterocycles. The predicted octanol–water partition coefficient (Wildman–Crippen LogP) is 3.12. The number of carbonyl (C=O) groups excluding carboxylic acids is 2. The highest BCUT2D eigenvalue weighted by atomic mass is 35.5. The molecule has 2 aromatic carbocycles. The van der Waals surface area contributed by atoms with Gasteiger partial charge in [0.2, 0.25) is 0 Å². The summed E-state index contributed by atoms with van der Waals surface area (Å²) in [4.78, 5) is 23.7. The number of carbonyl (C=O) groups is 2. The number of nitrogens with one attached hydrogen (secondary N) is 1. The van der Waals surface area contributed by atoms with E-state index in [1.165, 1.54) is 18.2 Å². The SMILES string of the molecule is CCOC(=O)c1ccc(N)c(NC(=O)COc2ccc(Cl)cc2)c1. The van der Waals surface area contributed by atoms with Crippen molar-refractivity contribution in [1.82, 2.24) is 0 Å². The molecule has 0 bridgehead atoms. The van der Waals surface area contributed by atoms with Crippen molar-refractivity contribution in [2.75, 3.05) is 24.3 Å². The van der Waals surface area contributed by atoms with Crippen LogP contribution in [0, 0.1) is 0 Å². The first kappa shape index (κ1) is 17.6. The lowest BCUT2D eigenvalue weighted by Gasteiger charge is -2.11. The van der Waals surface area contributed by atoms with Crippen LogP contribution in [0.4, 0.5) is 11.4 Å². The average molecular weight is 349 g/mol. The number of amides is 1. The van der Waals surface area contributed by atoms with Crippen LogP contribution in [-0.2, 0) is 9.53 Å². The summed E-state index contributed by atoms with van der Waals surface area (Å²) < 4.78 is 10.3. The van der Waals surface area contributed by atoms with E-state index in [1.807, 2.05) is 0 Å². The molecule has 6 nitrogen and oxygen atoms in total. The lowest BCUT2D eigenvalue weighted by Crippen LogP contribution is -2.21. The topological polar surface area (TPSA) is 90.6 Å². The van der Waals surface area contributed by atoms with Crippen LogP contribution >= 0.6 is 11.6 Å². The molecular weight excluding hydrogens is 332 g/mol. The monoisotopic (exact) mass is 348 g/mol. The third-order valence-corrected chi connectivity index (χ3v) is 3.27. The Morgan fingerprint density at radius 1 is 1.17 bits per heavy atom. The van der Waals surface area contributed by atoms with Gasteiger partial charge in [-0.2, -0.15) is 0 Å². The van der Waals surface area contributed by atoms with Gasteiger partial charge in [0.05, 0.1) is 23.5 Å². The molecule has 0 aromatic heterocycles. The average Bonchev–Trinajstić information content (AvgIpc) is 2.56. The summed E-state index contributed by atoms with van der Waals surface area (Å²) in [5.74, 6) is -0.370. The molecule has 7 heteroatoms. The molecule has 0 fully saturated rings. The quantitative estimate of drug-likeness (QED) is 0.618. The molecule has 24 heavy (non-hydrogen) atoms. The zero-order valence-corrected chi connectivity index (χ0v) is 13.8. The highest BCUT2D eigenvalue weighted by molar-refractivity contribution is 6.30. The molecule has 0 aliphatic carbocycles. The lowest BCUT2D eigenvalue weighted by molar-refractivity contribution is -0.118. The van der Waals surface area contributed by atoms with E-state index in [4.69, 9.17) is 26.8 Å². The summed E-state index contributed by atoms with van der Waals surface area (Å²) in [6.45, 7) is 1.77. The fourth-order valence-electron chi connectivity index (χ4n) is 1.87. The molecule has 0 saturated carbocycles. The molecule has 0 saturated heterocycles. The molecule has 0 spiro atoms. The molecule has 0 aliphatic heterocycles. The maximum absolute atomic E-state index is 12.0. The normalized spacial score (nSPS) is 10.1. The van der Waals surface area contributed by atoms with Crippen LogP contribution in [0.5, 0.6) is 5.75 Å². The Morgan fingerprint density at radius 3 is 2.54 bits per heavy atom. The van der Waals surface area contributed by atoms with Gasteiger partial charge in [-0.05, 0) is 49.4 Å². The standard InChI is InChI=1S/C17H17ClN2O4/c1-2-23-17(22)11-3-8-14(19)15(9-11)20-16(21)10-24-13-6-4-12(18)5-7-13/h3-9H,2,10,19H2,1H3,(H,20,21). The Hall–Kier alpha value is -2.73. The number of hydrogen-bond donors (Lipinski definition) is 2. The number of rotatable bonds is 6. The first-order valence-corrected chi connectivity index (χ1v) is 7.62. The Kier molecular flexibility index (Phi) is 6.03. The number of nitrogens with two attached hydrogens (primary N) is 1. The molecule has 126 valence electrons. The second kappa shape index (κ2) is 8.21. The van der Waals surface area contributed by atoms with E-state index < -0.39 is 11.9 Å². The summed E-state index contributed by atoms with van der Waals surface area (Å²) in [5, 5.41) is 3.19. The van der Waals surface area contributed by atoms with Crippen LogP contribution < -0.4 is 15.8 Å². The summed E-state index contributed by atoms with van der Waals surface area (Å²) >= 11 is 5.78. The Balaban J connectivity index is 1.98. The largest absolute Gasteiger partial charge is 0.484 e. The molecule has 1 amide bonds. The zero-order valence-electron chi connectivity index (χ0n) is 13.0. The number of esters is 1. The van der Waals surface area contributed by atoms with Gasteiger partial charge in [-0.1, -0.05) is 11.6 Å². The number of benzene rings is 2. The van der Waals surface area contributed by atoms with E-state index in [9.17, 15) is 9.59 Å². The van der Waals surface area contributed by atoms with Crippen LogP contribution in [0.3, 0.4) is 0 Å². The molecule has 2 rings (SSSR count). The minimum atomic E-state index is -0.481. The Morgan fingerprint density at radius 2 is 1.88 bits per heavy atom. The van der Waals surface area contributed by atoms with Gasteiger partial charge >= 0.3 is 5.97 Å². The second-order valence-electron chi connectivity index (χ2n) is 4.81. The summed E-state index contributed by atoms with van der Waals surface area (Å²) in [6, 6.07) is 11.2. The zero-order chi connectivity index (χ0) is 17.5. The molecule has 0 aliphatic rings. The highest BCUT2D eigenvalue weighted by Gasteiger charge is 2.11. The van der Waals surface area contributed by atoms with Gasteiger partial charge in [0.15, 0.2) is 6.61 Å². The molecular formula is C17H17ClN2O4. The maximum Gasteiger partial charge on any atom is 0.338 e. The minimum absolute atomic E-state index is 0.204. The van der Waals surface area contributed by atoms with Gasteiger partial charge in [-0.3, -0.25) is 4.79 Å². The van der Waals surface area contributed by atoms with Gasteiger partial charge in [0.1, 0.15) is 5.75 Å². The van der Waals surface area contributed by atoms with Crippen molar-refractivity contribution in [2.45, 2.75) is 6.92 Å². The number of ether oxygens (including phenoxy) is 2. The van der Waals surface area contributed by atoms with Gasteiger partial charge in [0, 0.05) is 5.02 Å². The first-order valence-electron chi connectivity index (χ1n) is 7.24. The summed E-state index contributed by atoms with van der Waals surface area (Å²) in [5.41, 5.74) is 6.78. The van der Waals surface area contributed by atoms with Gasteiger partial charge in [0.25, 0.3) is 5.91 Å².